The van der Waals surface area contributed by atoms with Crippen molar-refractivity contribution < 1.29 is 14.3 Å². The predicted octanol–water partition coefficient (Wildman–Crippen LogP) is 2.40. The summed E-state index contributed by atoms with van der Waals surface area (Å²) in [6.07, 6.45) is 2.47. The molecule has 2 aliphatic heterocycles. The quantitative estimate of drug-likeness (QED) is 0.345. The lowest BCUT2D eigenvalue weighted by molar-refractivity contribution is -0.0817. The van der Waals surface area contributed by atoms with Gasteiger partial charge in [0.1, 0.15) is 6.10 Å². The number of benzene rings is 1. The van der Waals surface area contributed by atoms with E-state index >= 15 is 0 Å². The highest BCUT2D eigenvalue weighted by molar-refractivity contribution is 14.0. The number of nitrogens with one attached hydrogen (secondary N) is 2. The number of ether oxygens (including phenoxy) is 2. The molecule has 29 heavy (non-hydrogen) atoms. The minimum atomic E-state index is -0.0483. The normalized spacial score (nSPS) is 22.1. The van der Waals surface area contributed by atoms with Gasteiger partial charge in [-0.3, -0.25) is 4.79 Å². The molecule has 2 N–H and O–H groups in total. The van der Waals surface area contributed by atoms with Crippen molar-refractivity contribution in [3.05, 3.63) is 35.4 Å². The molecule has 0 radical (unpaired) electrons. The maximum Gasteiger partial charge on any atom is 0.251 e. The number of nitrogens with zero attached hydrogens (tertiary/aromatic N) is 2. The van der Waals surface area contributed by atoms with Crippen LogP contribution >= 0.6 is 24.0 Å². The number of carbonyl (C=O) groups is 1. The molecular formula is C21H33IN4O3. The molecule has 2 saturated heterocycles. The van der Waals surface area contributed by atoms with Crippen molar-refractivity contribution in [2.24, 2.45) is 4.99 Å². The lowest BCUT2D eigenvalue weighted by Gasteiger charge is -2.37. The van der Waals surface area contributed by atoms with Crippen molar-refractivity contribution in [2.75, 3.05) is 39.4 Å². The highest BCUT2D eigenvalue weighted by Crippen LogP contribution is 2.21. The highest BCUT2D eigenvalue weighted by Gasteiger charge is 2.32. The third-order valence-corrected chi connectivity index (χ3v) is 5.05. The van der Waals surface area contributed by atoms with Crippen molar-refractivity contribution >= 4 is 35.8 Å². The molecule has 2 fully saturated rings. The number of guanidine groups is 1. The average molecular weight is 516 g/mol. The van der Waals surface area contributed by atoms with Crippen LogP contribution in [0.5, 0.6) is 0 Å². The molecule has 162 valence electrons. The van der Waals surface area contributed by atoms with Gasteiger partial charge in [-0.15, -0.1) is 24.0 Å². The van der Waals surface area contributed by atoms with E-state index in [-0.39, 0.29) is 42.1 Å². The topological polar surface area (TPSA) is 75.2 Å². The predicted molar refractivity (Wildman–Crippen MR) is 125 cm³/mol. The van der Waals surface area contributed by atoms with E-state index in [0.717, 1.165) is 50.6 Å². The fourth-order valence-electron chi connectivity index (χ4n) is 3.65. The summed E-state index contributed by atoms with van der Waals surface area (Å²) in [6, 6.07) is 7.65. The Bertz CT molecular complexity index is 680. The molecule has 0 spiro atoms. The summed E-state index contributed by atoms with van der Waals surface area (Å²) >= 11 is 0. The number of morpholine rings is 1. The molecule has 0 bridgehead atoms. The van der Waals surface area contributed by atoms with E-state index < -0.39 is 0 Å². The molecule has 1 aromatic rings. The fraction of sp³-hybridized carbons (Fsp3) is 0.619. The highest BCUT2D eigenvalue weighted by atomic mass is 127. The van der Waals surface area contributed by atoms with E-state index in [9.17, 15) is 4.79 Å². The van der Waals surface area contributed by atoms with Crippen LogP contribution in [0, 0.1) is 0 Å². The first-order chi connectivity index (χ1) is 13.7. The average Bonchev–Trinajstić information content (AvgIpc) is 3.26. The zero-order chi connectivity index (χ0) is 19.8. The number of amides is 1. The second-order valence-electron chi connectivity index (χ2n) is 7.14. The van der Waals surface area contributed by atoms with Gasteiger partial charge < -0.3 is 25.0 Å². The number of hydrogen-bond acceptors (Lipinski definition) is 4. The summed E-state index contributed by atoms with van der Waals surface area (Å²) in [5.74, 6) is 0.838. The first-order valence-electron chi connectivity index (χ1n) is 10.3. The van der Waals surface area contributed by atoms with Gasteiger partial charge in [-0.25, -0.2) is 4.99 Å². The van der Waals surface area contributed by atoms with Gasteiger partial charge in [-0.2, -0.15) is 0 Å². The molecule has 8 heteroatoms. The first kappa shape index (κ1) is 23.9. The van der Waals surface area contributed by atoms with Gasteiger partial charge in [0.25, 0.3) is 5.91 Å². The maximum absolute atomic E-state index is 12.1. The van der Waals surface area contributed by atoms with Crippen molar-refractivity contribution in [2.45, 2.75) is 45.4 Å². The summed E-state index contributed by atoms with van der Waals surface area (Å²) in [5.41, 5.74) is 1.69. The van der Waals surface area contributed by atoms with Gasteiger partial charge in [-0.05, 0) is 44.4 Å². The third-order valence-electron chi connectivity index (χ3n) is 5.05. The largest absolute Gasteiger partial charge is 0.375 e. The Labute approximate surface area is 190 Å². The van der Waals surface area contributed by atoms with Crippen LogP contribution in [0.25, 0.3) is 0 Å². The monoisotopic (exact) mass is 516 g/mol. The molecular weight excluding hydrogens is 483 g/mol. The first-order valence-corrected chi connectivity index (χ1v) is 10.3. The Hall–Kier alpha value is -1.39. The number of hydrogen-bond donors (Lipinski definition) is 2. The summed E-state index contributed by atoms with van der Waals surface area (Å²) in [5, 5.41) is 6.23. The van der Waals surface area contributed by atoms with Crippen molar-refractivity contribution in [3.63, 3.8) is 0 Å². The number of halogens is 1. The molecule has 3 rings (SSSR count). The molecule has 0 aliphatic carbocycles. The van der Waals surface area contributed by atoms with Crippen LogP contribution in [0.2, 0.25) is 0 Å². The van der Waals surface area contributed by atoms with Gasteiger partial charge in [-0.1, -0.05) is 12.1 Å². The molecule has 2 heterocycles. The standard InChI is InChI=1S/C21H32N4O3.HI/c1-3-22-20(26)17-8-5-7-16(13-17)14-24-21(23-4-2)25-10-12-28-19(15-25)18-9-6-11-27-18;/h5,7-8,13,18-19H,3-4,6,9-12,14-15H2,1-2H3,(H,22,26)(H,23,24);1H. The van der Waals surface area contributed by atoms with Gasteiger partial charge in [0.05, 0.1) is 19.3 Å². The smallest absolute Gasteiger partial charge is 0.251 e. The van der Waals surface area contributed by atoms with E-state index in [1.807, 2.05) is 31.2 Å². The van der Waals surface area contributed by atoms with Crippen LogP contribution in [-0.2, 0) is 16.0 Å². The molecule has 0 saturated carbocycles. The Morgan fingerprint density at radius 1 is 1.17 bits per heavy atom. The summed E-state index contributed by atoms with van der Waals surface area (Å²) in [6.45, 7) is 9.06. The molecule has 2 atom stereocenters. The van der Waals surface area contributed by atoms with Crippen LogP contribution in [0.15, 0.2) is 29.3 Å². The molecule has 1 aromatic carbocycles. The van der Waals surface area contributed by atoms with E-state index in [2.05, 4.69) is 22.5 Å². The van der Waals surface area contributed by atoms with Crippen molar-refractivity contribution in [1.29, 1.82) is 0 Å². The third kappa shape index (κ3) is 6.82. The Kier molecular flexibility index (Phi) is 10.2. The lowest BCUT2D eigenvalue weighted by Crippen LogP contribution is -2.53. The Morgan fingerprint density at radius 3 is 2.69 bits per heavy atom. The van der Waals surface area contributed by atoms with Crippen LogP contribution < -0.4 is 10.6 Å². The maximum atomic E-state index is 12.1. The Balaban J connectivity index is 0.00000300. The zero-order valence-electron chi connectivity index (χ0n) is 17.4. The van der Waals surface area contributed by atoms with Crippen LogP contribution in [0.1, 0.15) is 42.6 Å². The van der Waals surface area contributed by atoms with Crippen LogP contribution in [0.3, 0.4) is 0 Å². The number of rotatable bonds is 6. The SMILES string of the molecule is CCNC(=O)c1cccc(CN=C(NCC)N2CCOC(C3CCCO3)C2)c1.I. The molecule has 1 amide bonds. The van der Waals surface area contributed by atoms with Gasteiger partial charge in [0.15, 0.2) is 5.96 Å². The molecule has 2 unspecified atom stereocenters. The lowest BCUT2D eigenvalue weighted by atomic mass is 10.1. The minimum Gasteiger partial charge on any atom is -0.375 e. The fourth-order valence-corrected chi connectivity index (χ4v) is 3.65. The van der Waals surface area contributed by atoms with E-state index in [1.54, 1.807) is 0 Å². The van der Waals surface area contributed by atoms with E-state index in [1.165, 1.54) is 0 Å². The minimum absolute atomic E-state index is 0. The van der Waals surface area contributed by atoms with Crippen LogP contribution in [0.4, 0.5) is 0 Å². The Morgan fingerprint density at radius 2 is 1.97 bits per heavy atom. The summed E-state index contributed by atoms with van der Waals surface area (Å²) in [4.78, 5) is 19.1. The van der Waals surface area contributed by atoms with Crippen molar-refractivity contribution in [1.82, 2.24) is 15.5 Å². The van der Waals surface area contributed by atoms with Gasteiger partial charge >= 0.3 is 0 Å². The number of aliphatic imine (C=N–C) groups is 1. The summed E-state index contributed by atoms with van der Waals surface area (Å²) < 4.78 is 11.8. The molecule has 0 aromatic heterocycles. The van der Waals surface area contributed by atoms with Crippen LogP contribution in [-0.4, -0.2) is 68.4 Å². The second-order valence-corrected chi connectivity index (χ2v) is 7.14. The number of carbonyl (C=O) groups excluding carboxylic acids is 1. The zero-order valence-corrected chi connectivity index (χ0v) is 19.7. The van der Waals surface area contributed by atoms with Crippen molar-refractivity contribution in [3.8, 4) is 0 Å². The van der Waals surface area contributed by atoms with Gasteiger partial charge in [0.2, 0.25) is 0 Å². The van der Waals surface area contributed by atoms with E-state index in [4.69, 9.17) is 14.5 Å². The van der Waals surface area contributed by atoms with E-state index in [0.29, 0.717) is 25.3 Å². The molecule has 7 nitrogen and oxygen atoms in total. The van der Waals surface area contributed by atoms with Gasteiger partial charge in [0, 0.05) is 38.3 Å². The second kappa shape index (κ2) is 12.3. The molecule has 2 aliphatic rings. The summed E-state index contributed by atoms with van der Waals surface area (Å²) in [7, 11) is 0.